The molecule has 5 heteroatoms. The van der Waals surface area contributed by atoms with Crippen LogP contribution in [0.3, 0.4) is 0 Å². The Bertz CT molecular complexity index is 855. The van der Waals surface area contributed by atoms with Gasteiger partial charge < -0.3 is 5.32 Å². The van der Waals surface area contributed by atoms with Crippen LogP contribution in [-0.2, 0) is 4.79 Å². The quantitative estimate of drug-likeness (QED) is 0.655. The number of thiophene rings is 1. The van der Waals surface area contributed by atoms with Crippen LogP contribution in [0, 0.1) is 19.7 Å². The number of carbonyl (C=O) groups excluding carboxylic acids is 1. The largest absolute Gasteiger partial charge is 0.324 e. The molecule has 0 fully saturated rings. The number of rotatable bonds is 6. The minimum absolute atomic E-state index is 0.105. The van der Waals surface area contributed by atoms with Crippen molar-refractivity contribution in [1.82, 2.24) is 5.32 Å². The van der Waals surface area contributed by atoms with Gasteiger partial charge in [0.2, 0.25) is 5.91 Å². The first-order chi connectivity index (χ1) is 12.5. The fourth-order valence-corrected chi connectivity index (χ4v) is 3.71. The average Bonchev–Trinajstić information content (AvgIpc) is 3.14. The third kappa shape index (κ3) is 4.36. The van der Waals surface area contributed by atoms with Crippen molar-refractivity contribution in [3.05, 3.63) is 87.4 Å². The Balaban J connectivity index is 1.72. The van der Waals surface area contributed by atoms with Gasteiger partial charge in [-0.05, 0) is 54.1 Å². The van der Waals surface area contributed by atoms with Crippen LogP contribution >= 0.6 is 11.3 Å². The summed E-state index contributed by atoms with van der Waals surface area (Å²) in [6.07, 6.45) is 0. The molecular formula is C21H21FN2OS. The van der Waals surface area contributed by atoms with E-state index in [-0.39, 0.29) is 24.3 Å². The highest BCUT2D eigenvalue weighted by Gasteiger charge is 2.17. The van der Waals surface area contributed by atoms with Crippen LogP contribution in [0.1, 0.15) is 27.6 Å². The van der Waals surface area contributed by atoms with Crippen molar-refractivity contribution in [2.24, 2.45) is 0 Å². The molecule has 2 aromatic carbocycles. The normalized spacial score (nSPS) is 12.0. The van der Waals surface area contributed by atoms with Gasteiger partial charge in [-0.25, -0.2) is 4.39 Å². The molecule has 0 bridgehead atoms. The highest BCUT2D eigenvalue weighted by molar-refractivity contribution is 7.10. The highest BCUT2D eigenvalue weighted by atomic mass is 32.1. The zero-order valence-corrected chi connectivity index (χ0v) is 15.6. The molecular weight excluding hydrogens is 347 g/mol. The third-order valence-electron chi connectivity index (χ3n) is 4.24. The molecule has 0 unspecified atom stereocenters. The van der Waals surface area contributed by atoms with Crippen LogP contribution in [-0.4, -0.2) is 12.5 Å². The molecule has 0 aliphatic rings. The molecule has 0 spiro atoms. The standard InChI is InChI=1S/C21H21FN2OS/c1-14-5-3-6-15(2)20(14)24-19(25)13-23-21(18-7-4-12-26-18)16-8-10-17(22)11-9-16/h3-12,21,23H,13H2,1-2H3,(H,24,25)/t21-/m1/s1. The maximum atomic E-state index is 13.2. The number of carbonyl (C=O) groups is 1. The zero-order chi connectivity index (χ0) is 18.5. The van der Waals surface area contributed by atoms with E-state index in [0.29, 0.717) is 0 Å². The molecule has 3 aromatic rings. The number of hydrogen-bond acceptors (Lipinski definition) is 3. The molecule has 26 heavy (non-hydrogen) atoms. The van der Waals surface area contributed by atoms with E-state index < -0.39 is 0 Å². The number of anilines is 1. The molecule has 0 radical (unpaired) electrons. The summed E-state index contributed by atoms with van der Waals surface area (Å²) in [4.78, 5) is 13.5. The molecule has 1 aromatic heterocycles. The van der Waals surface area contributed by atoms with Crippen molar-refractivity contribution in [1.29, 1.82) is 0 Å². The molecule has 134 valence electrons. The van der Waals surface area contributed by atoms with Crippen LogP contribution in [0.5, 0.6) is 0 Å². The maximum Gasteiger partial charge on any atom is 0.238 e. The lowest BCUT2D eigenvalue weighted by Gasteiger charge is -2.18. The first-order valence-electron chi connectivity index (χ1n) is 8.43. The lowest BCUT2D eigenvalue weighted by atomic mass is 10.1. The van der Waals surface area contributed by atoms with Gasteiger partial charge in [0.15, 0.2) is 0 Å². The summed E-state index contributed by atoms with van der Waals surface area (Å²) in [5.41, 5.74) is 3.85. The Morgan fingerprint density at radius 2 is 1.73 bits per heavy atom. The summed E-state index contributed by atoms with van der Waals surface area (Å²) in [5.74, 6) is -0.377. The average molecular weight is 368 g/mol. The maximum absolute atomic E-state index is 13.2. The van der Waals surface area contributed by atoms with Gasteiger partial charge in [-0.15, -0.1) is 11.3 Å². The second kappa shape index (κ2) is 8.25. The summed E-state index contributed by atoms with van der Waals surface area (Å²) in [5, 5.41) is 8.26. The molecule has 2 N–H and O–H groups in total. The van der Waals surface area contributed by atoms with Gasteiger partial charge in [0, 0.05) is 10.6 Å². The van der Waals surface area contributed by atoms with Gasteiger partial charge in [-0.1, -0.05) is 36.4 Å². The van der Waals surface area contributed by atoms with Crippen LogP contribution in [0.2, 0.25) is 0 Å². The van der Waals surface area contributed by atoms with Gasteiger partial charge in [-0.3, -0.25) is 10.1 Å². The third-order valence-corrected chi connectivity index (χ3v) is 5.18. The van der Waals surface area contributed by atoms with E-state index in [1.807, 2.05) is 49.6 Å². The van der Waals surface area contributed by atoms with Crippen molar-refractivity contribution < 1.29 is 9.18 Å². The summed E-state index contributed by atoms with van der Waals surface area (Å²) < 4.78 is 13.2. The predicted molar refractivity (Wildman–Crippen MR) is 105 cm³/mol. The van der Waals surface area contributed by atoms with Gasteiger partial charge in [0.05, 0.1) is 12.6 Å². The van der Waals surface area contributed by atoms with Gasteiger partial charge in [0.1, 0.15) is 5.82 Å². The zero-order valence-electron chi connectivity index (χ0n) is 14.8. The van der Waals surface area contributed by atoms with Crippen molar-refractivity contribution in [3.8, 4) is 0 Å². The Labute approximate surface area is 156 Å². The lowest BCUT2D eigenvalue weighted by molar-refractivity contribution is -0.115. The number of aryl methyl sites for hydroxylation is 2. The molecule has 3 nitrogen and oxygen atoms in total. The minimum atomic E-state index is -0.272. The molecule has 0 aliphatic heterocycles. The summed E-state index contributed by atoms with van der Waals surface area (Å²) >= 11 is 1.60. The summed E-state index contributed by atoms with van der Waals surface area (Å²) in [6.45, 7) is 4.11. The Morgan fingerprint density at radius 1 is 1.04 bits per heavy atom. The molecule has 0 aliphatic carbocycles. The number of amides is 1. The van der Waals surface area contributed by atoms with E-state index in [9.17, 15) is 9.18 Å². The van der Waals surface area contributed by atoms with Crippen LogP contribution < -0.4 is 10.6 Å². The second-order valence-corrected chi connectivity index (χ2v) is 7.18. The summed E-state index contributed by atoms with van der Waals surface area (Å²) in [6, 6.07) is 16.1. The SMILES string of the molecule is Cc1cccc(C)c1NC(=O)CN[C@H](c1ccc(F)cc1)c1cccs1. The number of benzene rings is 2. The Kier molecular flexibility index (Phi) is 5.81. The monoisotopic (exact) mass is 368 g/mol. The fraction of sp³-hybridized carbons (Fsp3) is 0.190. The van der Waals surface area contributed by atoms with Crippen LogP contribution in [0.25, 0.3) is 0 Å². The molecule has 1 heterocycles. The smallest absolute Gasteiger partial charge is 0.238 e. The molecule has 1 amide bonds. The fourth-order valence-electron chi connectivity index (χ4n) is 2.88. The minimum Gasteiger partial charge on any atom is -0.324 e. The summed E-state index contributed by atoms with van der Waals surface area (Å²) in [7, 11) is 0. The van der Waals surface area contributed by atoms with E-state index >= 15 is 0 Å². The highest BCUT2D eigenvalue weighted by Crippen LogP contribution is 2.26. The predicted octanol–water partition coefficient (Wildman–Crippen LogP) is 4.82. The van der Waals surface area contributed by atoms with E-state index in [2.05, 4.69) is 10.6 Å². The first-order valence-corrected chi connectivity index (χ1v) is 9.31. The van der Waals surface area contributed by atoms with Crippen LogP contribution in [0.15, 0.2) is 60.0 Å². The number of halogens is 1. The first kappa shape index (κ1) is 18.3. The topological polar surface area (TPSA) is 41.1 Å². The van der Waals surface area contributed by atoms with Crippen molar-refractivity contribution in [2.75, 3.05) is 11.9 Å². The van der Waals surface area contributed by atoms with Crippen molar-refractivity contribution in [3.63, 3.8) is 0 Å². The van der Waals surface area contributed by atoms with E-state index in [1.165, 1.54) is 12.1 Å². The van der Waals surface area contributed by atoms with E-state index in [0.717, 1.165) is 27.3 Å². The lowest BCUT2D eigenvalue weighted by Crippen LogP contribution is -2.31. The Morgan fingerprint density at radius 3 is 2.35 bits per heavy atom. The molecule has 0 saturated heterocycles. The molecule has 1 atom stereocenters. The number of hydrogen-bond donors (Lipinski definition) is 2. The van der Waals surface area contributed by atoms with E-state index in [1.54, 1.807) is 23.5 Å². The van der Waals surface area contributed by atoms with Crippen molar-refractivity contribution >= 4 is 22.9 Å². The molecule has 0 saturated carbocycles. The van der Waals surface area contributed by atoms with E-state index in [4.69, 9.17) is 0 Å². The van der Waals surface area contributed by atoms with Crippen molar-refractivity contribution in [2.45, 2.75) is 19.9 Å². The Hall–Kier alpha value is -2.50. The molecule has 3 rings (SSSR count). The van der Waals surface area contributed by atoms with Gasteiger partial charge in [0.25, 0.3) is 0 Å². The second-order valence-electron chi connectivity index (χ2n) is 6.20. The number of nitrogens with one attached hydrogen (secondary N) is 2. The van der Waals surface area contributed by atoms with Gasteiger partial charge in [-0.2, -0.15) is 0 Å². The van der Waals surface area contributed by atoms with Gasteiger partial charge >= 0.3 is 0 Å². The number of para-hydroxylation sites is 1. The van der Waals surface area contributed by atoms with Crippen LogP contribution in [0.4, 0.5) is 10.1 Å².